The molecule has 12 aliphatic carbocycles. The first-order valence-corrected chi connectivity index (χ1v) is 44.9. The molecule has 18 rings (SSSR count). The zero-order valence-electron chi connectivity index (χ0n) is 71.6. The Kier molecular flexibility index (Phi) is 31.3. The highest BCUT2D eigenvalue weighted by atomic mass is 32.2. The molecule has 26 heteroatoms. The van der Waals surface area contributed by atoms with Gasteiger partial charge in [-0.2, -0.15) is 26.3 Å². The van der Waals surface area contributed by atoms with Crippen LogP contribution in [0.3, 0.4) is 0 Å². The number of carbonyl (C=O) groups is 7. The molecule has 7 atom stereocenters. The molecule has 0 saturated heterocycles. The van der Waals surface area contributed by atoms with Crippen molar-refractivity contribution in [3.8, 4) is 0 Å². The van der Waals surface area contributed by atoms with Crippen LogP contribution in [0.5, 0.6) is 0 Å². The first kappa shape index (κ1) is 94.1. The topological polar surface area (TPSA) is 221 Å². The highest BCUT2D eigenvalue weighted by Crippen LogP contribution is 2.64. The molecule has 662 valence electrons. The van der Waals surface area contributed by atoms with Gasteiger partial charge >= 0.3 is 59.9 Å². The molecule has 7 unspecified atom stereocenters. The minimum absolute atomic E-state index is 0.0146. The average molecular weight is 1740 g/mol. The summed E-state index contributed by atoms with van der Waals surface area (Å²) >= 11 is 0. The van der Waals surface area contributed by atoms with E-state index in [0.29, 0.717) is 51.7 Å². The molecule has 0 aliphatic heterocycles. The number of hydrogen-bond acceptors (Lipinski definition) is 18. The molecule has 0 N–H and O–H groups in total. The van der Waals surface area contributed by atoms with Crippen LogP contribution >= 0.6 is 0 Å². The van der Waals surface area contributed by atoms with Crippen molar-refractivity contribution in [1.82, 2.24) is 0 Å². The molecule has 0 heterocycles. The van der Waals surface area contributed by atoms with E-state index in [4.69, 9.17) is 42.6 Å². The third-order valence-electron chi connectivity index (χ3n) is 24.1. The van der Waals surface area contributed by atoms with Crippen LogP contribution in [0.2, 0.25) is 0 Å². The molecule has 6 aromatic rings. The molecule has 122 heavy (non-hydrogen) atoms. The van der Waals surface area contributed by atoms with E-state index in [2.05, 4.69) is 191 Å². The smallest absolute Gasteiger partial charge is 0.459 e. The van der Waals surface area contributed by atoms with Crippen molar-refractivity contribution < 1.29 is 112 Å². The quantitative estimate of drug-likeness (QED) is 0.0171. The van der Waals surface area contributed by atoms with Crippen LogP contribution in [0.15, 0.2) is 211 Å². The Balaban J connectivity index is 0.000000150. The summed E-state index contributed by atoms with van der Waals surface area (Å²) in [6.45, 7) is 16.1. The molecule has 12 fully saturated rings. The van der Waals surface area contributed by atoms with Gasteiger partial charge in [0.1, 0.15) is 42.7 Å². The van der Waals surface area contributed by atoms with Gasteiger partial charge in [-0.05, 0) is 283 Å². The highest BCUT2D eigenvalue weighted by molar-refractivity contribution is 7.97. The Morgan fingerprint density at radius 2 is 0.590 bits per heavy atom. The Bertz CT molecular complexity index is 4060. The van der Waals surface area contributed by atoms with E-state index in [1.165, 1.54) is 29.4 Å². The third kappa shape index (κ3) is 26.3. The molecule has 12 saturated carbocycles. The highest BCUT2D eigenvalue weighted by Gasteiger charge is 2.61. The lowest BCUT2D eigenvalue weighted by molar-refractivity contribution is -0.209. The van der Waals surface area contributed by atoms with Crippen LogP contribution in [-0.4, -0.2) is 135 Å². The number of halogens is 6. The molecule has 12 aliphatic rings. The lowest BCUT2D eigenvalue weighted by Crippen LogP contribution is -2.56. The van der Waals surface area contributed by atoms with Crippen molar-refractivity contribution >= 4 is 63.9 Å². The van der Waals surface area contributed by atoms with E-state index in [9.17, 15) is 59.9 Å². The molecule has 12 bridgehead atoms. The summed E-state index contributed by atoms with van der Waals surface area (Å²) in [7, 11) is -0.0293. The molecule has 0 radical (unpaired) electrons. The summed E-state index contributed by atoms with van der Waals surface area (Å²) in [4.78, 5) is 90.0. The predicted molar refractivity (Wildman–Crippen MR) is 446 cm³/mol. The van der Waals surface area contributed by atoms with Crippen LogP contribution in [0.4, 0.5) is 35.9 Å². The van der Waals surface area contributed by atoms with Crippen molar-refractivity contribution in [2.75, 3.05) is 39.6 Å². The maximum absolute atomic E-state index is 13.2. The number of carbonyl (C=O) groups excluding carboxylic acids is 7. The number of esters is 5. The number of alkyl halides is 6. The van der Waals surface area contributed by atoms with Crippen molar-refractivity contribution in [3.63, 3.8) is 0 Å². The fourth-order valence-electron chi connectivity index (χ4n) is 20.4. The minimum Gasteiger partial charge on any atom is -0.459 e. The molecular weight excluding hydrogens is 1620 g/mol. The lowest BCUT2D eigenvalue weighted by atomic mass is 9.48. The fourth-order valence-corrected chi connectivity index (χ4v) is 24.6. The van der Waals surface area contributed by atoms with Crippen molar-refractivity contribution in [2.24, 2.45) is 69.5 Å². The summed E-state index contributed by atoms with van der Waals surface area (Å²) in [6.07, 6.45) is 10.9. The second-order valence-electron chi connectivity index (χ2n) is 36.8. The molecule has 0 aromatic heterocycles. The van der Waals surface area contributed by atoms with E-state index in [-0.39, 0.29) is 105 Å². The van der Waals surface area contributed by atoms with Crippen molar-refractivity contribution in [2.45, 2.75) is 255 Å². The average Bonchev–Trinajstić information content (AvgIpc) is 0.742. The fraction of sp³-hybridized carbons (Fsp3) is 0.552. The Morgan fingerprint density at radius 1 is 0.344 bits per heavy atom. The number of benzene rings is 6. The van der Waals surface area contributed by atoms with Crippen LogP contribution in [0.25, 0.3) is 0 Å². The second-order valence-corrected chi connectivity index (χ2v) is 40.9. The number of rotatable bonds is 25. The zero-order valence-corrected chi connectivity index (χ0v) is 73.2. The van der Waals surface area contributed by atoms with E-state index in [1.54, 1.807) is 41.5 Å². The number of ether oxygens (including phenoxy) is 11. The minimum atomic E-state index is -3.65. The normalized spacial score (nSPS) is 26.9. The molecule has 18 nitrogen and oxygen atoms in total. The van der Waals surface area contributed by atoms with Crippen molar-refractivity contribution in [3.05, 3.63) is 182 Å². The van der Waals surface area contributed by atoms with Gasteiger partial charge in [0.25, 0.3) is 0 Å². The number of hydrogen-bond donors (Lipinski definition) is 0. The Morgan fingerprint density at radius 3 is 0.828 bits per heavy atom. The summed E-state index contributed by atoms with van der Waals surface area (Å²) < 4.78 is 135. The maximum Gasteiger partial charge on any atom is 0.508 e. The van der Waals surface area contributed by atoms with Crippen LogP contribution in [0.1, 0.15) is 172 Å². The Hall–Kier alpha value is -8.59. The Labute approximate surface area is 718 Å². The largest absolute Gasteiger partial charge is 0.508 e. The monoisotopic (exact) mass is 1740 g/mol. The van der Waals surface area contributed by atoms with E-state index >= 15 is 0 Å². The molecular formula is C96H118F6O18S2+2. The van der Waals surface area contributed by atoms with Crippen molar-refractivity contribution in [1.29, 1.82) is 0 Å². The molecule has 0 amide bonds. The third-order valence-corrected chi connectivity index (χ3v) is 28.6. The van der Waals surface area contributed by atoms with E-state index in [1.807, 2.05) is 13.8 Å². The predicted octanol–water partition coefficient (Wildman–Crippen LogP) is 21.1. The van der Waals surface area contributed by atoms with Gasteiger partial charge in [-0.15, -0.1) is 0 Å². The van der Waals surface area contributed by atoms with E-state index < -0.39 is 90.4 Å². The van der Waals surface area contributed by atoms with Crippen LogP contribution < -0.4 is 0 Å². The molecule has 0 spiro atoms. The van der Waals surface area contributed by atoms with Gasteiger partial charge in [0.2, 0.25) is 0 Å². The summed E-state index contributed by atoms with van der Waals surface area (Å²) in [5.74, 6) is -14.8. The first-order valence-electron chi connectivity index (χ1n) is 42.5. The maximum atomic E-state index is 13.2. The lowest BCUT2D eigenvalue weighted by Gasteiger charge is -2.59. The summed E-state index contributed by atoms with van der Waals surface area (Å²) in [5.41, 5.74) is -1.42. The van der Waals surface area contributed by atoms with E-state index in [0.717, 1.165) is 96.3 Å². The molecule has 6 aromatic carbocycles. The van der Waals surface area contributed by atoms with Gasteiger partial charge in [-0.3, -0.25) is 0 Å². The van der Waals surface area contributed by atoms with Gasteiger partial charge < -0.3 is 52.1 Å². The summed E-state index contributed by atoms with van der Waals surface area (Å²) in [6, 6.07) is 64.3. The SMILES string of the molecule is CC(C)(C)OC(=O)OCC12CC3CC(C1)C(OC(=O)C(C)(F)F)C(C3)C2.CC(C)(C)OC(=O)OCC12CC3CC(C1)C(OC(=O)COC(=O)C(C)(F)F)C(C3)C2.CCOC(C)OCC12CC3CC(C1)C(OC(=O)COC(=O)C(C)(F)F)C(C3)C2.c1ccc([S+](c2ccccc2)c2ccccc2)cc1.c1ccc([S+](c2ccccc2)c2ccccc2)cc1. The standard InChI is InChI=1S/C21H30F2O7.C20H30F2O6.C19H28F2O5.2C18H15S/c1-19(2,3)30-18(26)28-11-21-7-12-5-13(8-21)16(14(6-12)9-21)29-15(24)10-27-17(25)20(4,22)23;1-4-25-12(2)27-11-20-7-13-5-14(8-20)17(15(6-13)9-20)28-16(23)10-26-18(24)19(3,21)22;1-17(2,3)26-16(23)24-10-19-7-11-5-12(8-19)14(13(6-11)9-19)25-15(22)18(4,20)21;2*1-4-10-16(11-5-1)19(17-12-6-2-7-13-17)18-14-8-3-9-15-18/h12-14,16H,5-11H2,1-4H3;12-15,17H,4-11H2,1-3H3;11-14H,5-10H2,1-4H3;2*1-15H/q;;;2*+1. The van der Waals surface area contributed by atoms with Gasteiger partial charge in [0.15, 0.2) is 48.9 Å². The van der Waals surface area contributed by atoms with Gasteiger partial charge in [-0.25, -0.2) is 33.6 Å². The van der Waals surface area contributed by atoms with Gasteiger partial charge in [0.05, 0.1) is 28.4 Å². The van der Waals surface area contributed by atoms with Gasteiger partial charge in [0, 0.05) is 38.2 Å². The summed E-state index contributed by atoms with van der Waals surface area (Å²) in [5, 5.41) is 0. The van der Waals surface area contributed by atoms with Gasteiger partial charge in [-0.1, -0.05) is 109 Å². The zero-order chi connectivity index (χ0) is 88.0. The second kappa shape index (κ2) is 40.6. The van der Waals surface area contributed by atoms with Crippen LogP contribution in [-0.2, 0) is 97.9 Å². The first-order chi connectivity index (χ1) is 57.6. The van der Waals surface area contributed by atoms with Crippen LogP contribution in [0, 0.1) is 69.5 Å².